The Morgan fingerprint density at radius 1 is 1.67 bits per heavy atom. The summed E-state index contributed by atoms with van der Waals surface area (Å²) in [7, 11) is 0. The van der Waals surface area contributed by atoms with Crippen molar-refractivity contribution in [1.29, 1.82) is 0 Å². The van der Waals surface area contributed by atoms with Crippen LogP contribution in [0.1, 0.15) is 30.3 Å². The van der Waals surface area contributed by atoms with Crippen LogP contribution in [-0.2, 0) is 9.53 Å². The number of carbonyl (C=O) groups is 1. The first-order valence-corrected chi connectivity index (χ1v) is 5.87. The van der Waals surface area contributed by atoms with Gasteiger partial charge in [0.1, 0.15) is 0 Å². The van der Waals surface area contributed by atoms with E-state index in [0.717, 1.165) is 23.4 Å². The highest BCUT2D eigenvalue weighted by Gasteiger charge is 1.99. The molecule has 0 saturated heterocycles. The van der Waals surface area contributed by atoms with E-state index in [-0.39, 0.29) is 5.97 Å². The van der Waals surface area contributed by atoms with Crippen LogP contribution in [0.2, 0.25) is 0 Å². The van der Waals surface area contributed by atoms with E-state index >= 15 is 0 Å². The fraction of sp³-hybridized carbons (Fsp3) is 0.455. The van der Waals surface area contributed by atoms with E-state index in [2.05, 4.69) is 11.9 Å². The summed E-state index contributed by atoms with van der Waals surface area (Å²) >= 11 is 1.51. The molecule has 0 radical (unpaired) electrons. The number of aryl methyl sites for hydroxylation is 1. The molecular weight excluding hydrogens is 210 g/mol. The third kappa shape index (κ3) is 4.25. The van der Waals surface area contributed by atoms with Gasteiger partial charge in [-0.2, -0.15) is 0 Å². The molecule has 0 fully saturated rings. The van der Waals surface area contributed by atoms with Crippen LogP contribution < -0.4 is 0 Å². The van der Waals surface area contributed by atoms with Crippen LogP contribution in [0, 0.1) is 6.92 Å². The summed E-state index contributed by atoms with van der Waals surface area (Å²) in [6.45, 7) is 4.48. The number of thiazole rings is 1. The standard InChI is InChI=1S/C11H15NO2S/c1-3-4-7-14-11(13)6-5-10-9(2)12-8-15-10/h5-6,8H,3-4,7H2,1-2H3/b6-5+. The van der Waals surface area contributed by atoms with Gasteiger partial charge < -0.3 is 4.74 Å². The normalized spacial score (nSPS) is 10.8. The number of nitrogens with zero attached hydrogens (tertiary/aromatic N) is 1. The minimum absolute atomic E-state index is 0.281. The summed E-state index contributed by atoms with van der Waals surface area (Å²) in [6.07, 6.45) is 5.15. The zero-order valence-electron chi connectivity index (χ0n) is 9.03. The highest BCUT2D eigenvalue weighted by molar-refractivity contribution is 7.10. The molecule has 3 nitrogen and oxygen atoms in total. The Kier molecular flexibility index (Phi) is 5.04. The number of esters is 1. The average Bonchev–Trinajstić information content (AvgIpc) is 2.61. The van der Waals surface area contributed by atoms with Gasteiger partial charge in [0.15, 0.2) is 0 Å². The summed E-state index contributed by atoms with van der Waals surface area (Å²) in [5, 5.41) is 0. The van der Waals surface area contributed by atoms with E-state index in [0.29, 0.717) is 6.61 Å². The van der Waals surface area contributed by atoms with Crippen molar-refractivity contribution in [3.05, 3.63) is 22.2 Å². The molecule has 15 heavy (non-hydrogen) atoms. The molecule has 4 heteroatoms. The quantitative estimate of drug-likeness (QED) is 0.439. The maximum Gasteiger partial charge on any atom is 0.330 e. The molecule has 0 aliphatic rings. The Hall–Kier alpha value is -1.16. The third-order valence-electron chi connectivity index (χ3n) is 1.90. The summed E-state index contributed by atoms with van der Waals surface area (Å²) in [5.41, 5.74) is 2.70. The first-order chi connectivity index (χ1) is 7.24. The van der Waals surface area contributed by atoms with Gasteiger partial charge in [-0.15, -0.1) is 11.3 Å². The molecule has 1 rings (SSSR count). The van der Waals surface area contributed by atoms with E-state index in [1.54, 1.807) is 11.6 Å². The van der Waals surface area contributed by atoms with Gasteiger partial charge in [-0.05, 0) is 19.4 Å². The number of carbonyl (C=O) groups excluding carboxylic acids is 1. The van der Waals surface area contributed by atoms with Crippen molar-refractivity contribution in [3.8, 4) is 0 Å². The predicted molar refractivity (Wildman–Crippen MR) is 61.8 cm³/mol. The van der Waals surface area contributed by atoms with Crippen molar-refractivity contribution in [2.24, 2.45) is 0 Å². The molecule has 0 aliphatic carbocycles. The molecule has 1 aromatic rings. The second-order valence-electron chi connectivity index (χ2n) is 3.16. The van der Waals surface area contributed by atoms with Crippen LogP contribution in [0.15, 0.2) is 11.6 Å². The van der Waals surface area contributed by atoms with Gasteiger partial charge in [0, 0.05) is 6.08 Å². The summed E-state index contributed by atoms with van der Waals surface area (Å²) in [4.78, 5) is 16.3. The van der Waals surface area contributed by atoms with Gasteiger partial charge in [0.05, 0.1) is 22.7 Å². The van der Waals surface area contributed by atoms with E-state index in [1.165, 1.54) is 17.4 Å². The molecule has 1 aromatic heterocycles. The van der Waals surface area contributed by atoms with Crippen molar-refractivity contribution in [1.82, 2.24) is 4.98 Å². The highest BCUT2D eigenvalue weighted by atomic mass is 32.1. The minimum atomic E-state index is -0.281. The Morgan fingerprint density at radius 3 is 3.07 bits per heavy atom. The van der Waals surface area contributed by atoms with Crippen molar-refractivity contribution in [2.45, 2.75) is 26.7 Å². The third-order valence-corrected chi connectivity index (χ3v) is 2.79. The molecule has 0 aliphatic heterocycles. The molecule has 0 bridgehead atoms. The highest BCUT2D eigenvalue weighted by Crippen LogP contribution is 2.13. The zero-order chi connectivity index (χ0) is 11.1. The van der Waals surface area contributed by atoms with Crippen LogP contribution >= 0.6 is 11.3 Å². The monoisotopic (exact) mass is 225 g/mol. The molecular formula is C11H15NO2S. The number of hydrogen-bond donors (Lipinski definition) is 0. The lowest BCUT2D eigenvalue weighted by Gasteiger charge is -1.98. The maximum atomic E-state index is 11.2. The summed E-state index contributed by atoms with van der Waals surface area (Å²) in [5.74, 6) is -0.281. The number of rotatable bonds is 5. The van der Waals surface area contributed by atoms with Crippen molar-refractivity contribution in [2.75, 3.05) is 6.61 Å². The molecule has 0 amide bonds. The second-order valence-corrected chi connectivity index (χ2v) is 4.04. The topological polar surface area (TPSA) is 39.2 Å². The molecule has 1 heterocycles. The number of hydrogen-bond acceptors (Lipinski definition) is 4. The smallest absolute Gasteiger partial charge is 0.330 e. The van der Waals surface area contributed by atoms with Crippen molar-refractivity contribution in [3.63, 3.8) is 0 Å². The predicted octanol–water partition coefficient (Wildman–Crippen LogP) is 2.81. The van der Waals surface area contributed by atoms with Crippen molar-refractivity contribution >= 4 is 23.4 Å². The van der Waals surface area contributed by atoms with Gasteiger partial charge in [-0.1, -0.05) is 13.3 Å². The molecule has 0 aromatic carbocycles. The van der Waals surface area contributed by atoms with Gasteiger partial charge in [-0.25, -0.2) is 9.78 Å². The average molecular weight is 225 g/mol. The van der Waals surface area contributed by atoms with Crippen LogP contribution in [0.4, 0.5) is 0 Å². The molecule has 0 unspecified atom stereocenters. The van der Waals surface area contributed by atoms with E-state index in [9.17, 15) is 4.79 Å². The van der Waals surface area contributed by atoms with E-state index in [4.69, 9.17) is 4.74 Å². The zero-order valence-corrected chi connectivity index (χ0v) is 9.84. The first-order valence-electron chi connectivity index (χ1n) is 4.99. The molecule has 0 spiro atoms. The van der Waals surface area contributed by atoms with Gasteiger partial charge in [0.2, 0.25) is 0 Å². The maximum absolute atomic E-state index is 11.2. The second kappa shape index (κ2) is 6.35. The lowest BCUT2D eigenvalue weighted by Crippen LogP contribution is -2.01. The van der Waals surface area contributed by atoms with Gasteiger partial charge >= 0.3 is 5.97 Å². The van der Waals surface area contributed by atoms with Crippen LogP contribution in [-0.4, -0.2) is 17.6 Å². The van der Waals surface area contributed by atoms with Gasteiger partial charge in [0.25, 0.3) is 0 Å². The summed E-state index contributed by atoms with van der Waals surface area (Å²) in [6, 6.07) is 0. The Bertz CT molecular complexity index is 344. The van der Waals surface area contributed by atoms with E-state index in [1.807, 2.05) is 6.92 Å². The van der Waals surface area contributed by atoms with Crippen LogP contribution in [0.25, 0.3) is 6.08 Å². The number of unbranched alkanes of at least 4 members (excludes halogenated alkanes) is 1. The van der Waals surface area contributed by atoms with Crippen LogP contribution in [0.3, 0.4) is 0 Å². The molecule has 0 N–H and O–H groups in total. The minimum Gasteiger partial charge on any atom is -0.463 e. The lowest BCUT2D eigenvalue weighted by molar-refractivity contribution is -0.137. The molecule has 0 atom stereocenters. The lowest BCUT2D eigenvalue weighted by atomic mass is 10.3. The molecule has 0 saturated carbocycles. The number of aromatic nitrogens is 1. The fourth-order valence-corrected chi connectivity index (χ4v) is 1.67. The largest absolute Gasteiger partial charge is 0.463 e. The Balaban J connectivity index is 2.38. The fourth-order valence-electron chi connectivity index (χ4n) is 0.980. The van der Waals surface area contributed by atoms with E-state index < -0.39 is 0 Å². The first kappa shape index (κ1) is 11.9. The Labute approximate surface area is 93.8 Å². The Morgan fingerprint density at radius 2 is 2.47 bits per heavy atom. The van der Waals surface area contributed by atoms with Crippen molar-refractivity contribution < 1.29 is 9.53 Å². The summed E-state index contributed by atoms with van der Waals surface area (Å²) < 4.78 is 4.98. The van der Waals surface area contributed by atoms with Gasteiger partial charge in [-0.3, -0.25) is 0 Å². The van der Waals surface area contributed by atoms with Crippen LogP contribution in [0.5, 0.6) is 0 Å². The number of ether oxygens (including phenoxy) is 1. The SMILES string of the molecule is CCCCOC(=O)/C=C/c1scnc1C. The molecule has 82 valence electrons.